The minimum absolute atomic E-state index is 0.00182. The molecule has 0 unspecified atom stereocenters. The van der Waals surface area contributed by atoms with Crippen molar-refractivity contribution in [1.82, 2.24) is 14.6 Å². The molecule has 7 heteroatoms. The number of aromatic nitrogens is 3. The molecule has 0 fully saturated rings. The highest BCUT2D eigenvalue weighted by molar-refractivity contribution is 7.20. The number of nitrogens with one attached hydrogen (secondary N) is 1. The van der Waals surface area contributed by atoms with Gasteiger partial charge < -0.3 is 14.8 Å². The Balaban J connectivity index is 1.73. The summed E-state index contributed by atoms with van der Waals surface area (Å²) < 4.78 is 7.29. The highest BCUT2D eigenvalue weighted by Gasteiger charge is 2.27. The summed E-state index contributed by atoms with van der Waals surface area (Å²) in [6, 6.07) is 3.64. The van der Waals surface area contributed by atoms with Crippen molar-refractivity contribution in [3.05, 3.63) is 35.5 Å². The summed E-state index contributed by atoms with van der Waals surface area (Å²) in [6.45, 7) is 10.3. The Bertz CT molecular complexity index is 791. The summed E-state index contributed by atoms with van der Waals surface area (Å²) in [4.78, 5) is 5.45. The molecule has 0 aliphatic carbocycles. The number of aliphatic hydroxyl groups is 1. The number of imidazole rings is 1. The molecule has 6 nitrogen and oxygen atoms in total. The van der Waals surface area contributed by atoms with Crippen LogP contribution in [0.1, 0.15) is 44.9 Å². The molecule has 3 heterocycles. The summed E-state index contributed by atoms with van der Waals surface area (Å²) in [5.41, 5.74) is -0.0821. The molecule has 124 valence electrons. The van der Waals surface area contributed by atoms with Crippen molar-refractivity contribution in [3.63, 3.8) is 0 Å². The highest BCUT2D eigenvalue weighted by atomic mass is 32.1. The SMILES string of the molecule is Cc1ccc([C@](C)(O)CNc2nn3cc(C(C)(C)C)nc3s2)o1. The summed E-state index contributed by atoms with van der Waals surface area (Å²) in [5, 5.41) is 18.9. The fraction of sp³-hybridized carbons (Fsp3) is 0.500. The van der Waals surface area contributed by atoms with Crippen molar-refractivity contribution in [2.75, 3.05) is 11.9 Å². The maximum atomic E-state index is 10.5. The van der Waals surface area contributed by atoms with Crippen LogP contribution in [-0.2, 0) is 11.0 Å². The predicted molar refractivity (Wildman–Crippen MR) is 91.1 cm³/mol. The molecule has 3 rings (SSSR count). The average Bonchev–Trinajstić information content (AvgIpc) is 3.08. The van der Waals surface area contributed by atoms with Crippen LogP contribution >= 0.6 is 11.3 Å². The van der Waals surface area contributed by atoms with Gasteiger partial charge >= 0.3 is 0 Å². The zero-order valence-corrected chi connectivity index (χ0v) is 14.9. The van der Waals surface area contributed by atoms with Crippen LogP contribution in [0.4, 0.5) is 5.13 Å². The van der Waals surface area contributed by atoms with Crippen LogP contribution in [0.5, 0.6) is 0 Å². The summed E-state index contributed by atoms with van der Waals surface area (Å²) in [5.74, 6) is 1.32. The van der Waals surface area contributed by atoms with Gasteiger partial charge in [-0.05, 0) is 26.0 Å². The monoisotopic (exact) mass is 334 g/mol. The van der Waals surface area contributed by atoms with Crippen molar-refractivity contribution in [3.8, 4) is 0 Å². The van der Waals surface area contributed by atoms with Crippen molar-refractivity contribution >= 4 is 21.4 Å². The molecule has 3 aromatic heterocycles. The molecular weight excluding hydrogens is 312 g/mol. The maximum Gasteiger partial charge on any atom is 0.214 e. The lowest BCUT2D eigenvalue weighted by molar-refractivity contribution is 0.0468. The normalized spacial score (nSPS) is 15.0. The maximum absolute atomic E-state index is 10.5. The molecule has 0 aliphatic heterocycles. The van der Waals surface area contributed by atoms with E-state index >= 15 is 0 Å². The van der Waals surface area contributed by atoms with Crippen LogP contribution in [0.3, 0.4) is 0 Å². The van der Waals surface area contributed by atoms with Crippen LogP contribution in [0, 0.1) is 6.92 Å². The van der Waals surface area contributed by atoms with Crippen molar-refractivity contribution in [1.29, 1.82) is 0 Å². The molecule has 0 saturated carbocycles. The number of aryl methyl sites for hydroxylation is 1. The van der Waals surface area contributed by atoms with Crippen LogP contribution in [0.25, 0.3) is 4.96 Å². The smallest absolute Gasteiger partial charge is 0.214 e. The molecule has 0 spiro atoms. The lowest BCUT2D eigenvalue weighted by Crippen LogP contribution is -2.30. The molecule has 3 aromatic rings. The minimum Gasteiger partial charge on any atom is -0.463 e. The highest BCUT2D eigenvalue weighted by Crippen LogP contribution is 2.27. The van der Waals surface area contributed by atoms with E-state index in [0.29, 0.717) is 12.3 Å². The number of hydrogen-bond acceptors (Lipinski definition) is 6. The van der Waals surface area contributed by atoms with Gasteiger partial charge in [-0.2, -0.15) is 0 Å². The van der Waals surface area contributed by atoms with Gasteiger partial charge in [-0.3, -0.25) is 0 Å². The number of anilines is 1. The van der Waals surface area contributed by atoms with Gasteiger partial charge in [0.25, 0.3) is 0 Å². The number of fused-ring (bicyclic) bond motifs is 1. The Kier molecular flexibility index (Phi) is 3.72. The fourth-order valence-electron chi connectivity index (χ4n) is 2.19. The first kappa shape index (κ1) is 16.0. The number of nitrogens with zero attached hydrogens (tertiary/aromatic N) is 3. The third-order valence-electron chi connectivity index (χ3n) is 3.67. The number of hydrogen-bond donors (Lipinski definition) is 2. The minimum atomic E-state index is -1.10. The van der Waals surface area contributed by atoms with E-state index in [0.717, 1.165) is 21.5 Å². The van der Waals surface area contributed by atoms with Crippen LogP contribution < -0.4 is 5.32 Å². The van der Waals surface area contributed by atoms with E-state index in [4.69, 9.17) is 4.42 Å². The molecule has 0 aliphatic rings. The first-order valence-corrected chi connectivity index (χ1v) is 8.37. The van der Waals surface area contributed by atoms with Crippen molar-refractivity contribution in [2.24, 2.45) is 0 Å². The Labute approximate surface area is 139 Å². The van der Waals surface area contributed by atoms with E-state index in [1.807, 2.05) is 19.2 Å². The largest absolute Gasteiger partial charge is 0.463 e. The van der Waals surface area contributed by atoms with E-state index in [2.05, 4.69) is 36.2 Å². The number of rotatable bonds is 4. The van der Waals surface area contributed by atoms with E-state index in [-0.39, 0.29) is 5.41 Å². The average molecular weight is 334 g/mol. The van der Waals surface area contributed by atoms with Gasteiger partial charge in [-0.15, -0.1) is 5.10 Å². The molecule has 2 N–H and O–H groups in total. The van der Waals surface area contributed by atoms with Gasteiger partial charge in [0.15, 0.2) is 0 Å². The van der Waals surface area contributed by atoms with E-state index in [1.54, 1.807) is 17.5 Å². The first-order valence-electron chi connectivity index (χ1n) is 7.55. The summed E-state index contributed by atoms with van der Waals surface area (Å²) in [6.07, 6.45) is 1.95. The zero-order valence-electron chi connectivity index (χ0n) is 14.0. The van der Waals surface area contributed by atoms with Gasteiger partial charge in [0.2, 0.25) is 10.1 Å². The predicted octanol–water partition coefficient (Wildman–Crippen LogP) is 3.31. The summed E-state index contributed by atoms with van der Waals surface area (Å²) >= 11 is 1.46. The Morgan fingerprint density at radius 1 is 1.30 bits per heavy atom. The van der Waals surface area contributed by atoms with Crippen LogP contribution in [0.15, 0.2) is 22.7 Å². The Hall–Kier alpha value is -1.86. The second kappa shape index (κ2) is 5.35. The fourth-order valence-corrected chi connectivity index (χ4v) is 2.97. The Morgan fingerprint density at radius 2 is 2.04 bits per heavy atom. The van der Waals surface area contributed by atoms with Gasteiger partial charge in [0, 0.05) is 5.41 Å². The molecular formula is C16H22N4O2S. The lowest BCUT2D eigenvalue weighted by Gasteiger charge is -2.20. The second-order valence-electron chi connectivity index (χ2n) is 7.05. The van der Waals surface area contributed by atoms with E-state index in [9.17, 15) is 5.11 Å². The van der Waals surface area contributed by atoms with Gasteiger partial charge in [0.1, 0.15) is 17.1 Å². The molecule has 23 heavy (non-hydrogen) atoms. The first-order chi connectivity index (χ1) is 10.6. The van der Waals surface area contributed by atoms with Crippen LogP contribution in [0.2, 0.25) is 0 Å². The topological polar surface area (TPSA) is 75.6 Å². The van der Waals surface area contributed by atoms with Crippen LogP contribution in [-0.4, -0.2) is 26.2 Å². The zero-order chi connectivity index (χ0) is 16.8. The molecule has 0 amide bonds. The molecule has 0 saturated heterocycles. The van der Waals surface area contributed by atoms with Gasteiger partial charge in [-0.25, -0.2) is 9.50 Å². The lowest BCUT2D eigenvalue weighted by atomic mass is 9.93. The third-order valence-corrected chi connectivity index (χ3v) is 4.55. The van der Waals surface area contributed by atoms with Crippen molar-refractivity contribution in [2.45, 2.75) is 45.6 Å². The van der Waals surface area contributed by atoms with E-state index < -0.39 is 5.60 Å². The Morgan fingerprint density at radius 3 is 2.61 bits per heavy atom. The molecule has 0 bridgehead atoms. The number of furan rings is 1. The van der Waals surface area contributed by atoms with Gasteiger partial charge in [-0.1, -0.05) is 32.1 Å². The summed E-state index contributed by atoms with van der Waals surface area (Å²) in [7, 11) is 0. The molecule has 0 radical (unpaired) electrons. The van der Waals surface area contributed by atoms with Gasteiger partial charge in [0.05, 0.1) is 18.4 Å². The second-order valence-corrected chi connectivity index (χ2v) is 8.00. The van der Waals surface area contributed by atoms with E-state index in [1.165, 1.54) is 11.3 Å². The third kappa shape index (κ3) is 3.25. The standard InChI is InChI=1S/C16H22N4O2S/c1-10-6-7-12(22-10)16(5,21)9-17-13-19-20-8-11(15(2,3)4)18-14(20)23-13/h6-8,21H,9H2,1-5H3,(H,17,19)/t16-/m1/s1. The quantitative estimate of drug-likeness (QED) is 0.765. The molecule has 1 atom stereocenters. The van der Waals surface area contributed by atoms with Crippen molar-refractivity contribution < 1.29 is 9.52 Å². The molecule has 0 aromatic carbocycles.